The minimum absolute atomic E-state index is 0.132. The molecule has 1 atom stereocenters. The van der Waals surface area contributed by atoms with E-state index in [9.17, 15) is 14.4 Å². The first kappa shape index (κ1) is 75.0. The molecule has 0 aromatic rings. The third kappa shape index (κ3) is 64.7. The number of rotatable bonds is 54. The highest BCUT2D eigenvalue weighted by Gasteiger charge is 2.19. The Balaban J connectivity index is 4.59. The lowest BCUT2D eigenvalue weighted by molar-refractivity contribution is -0.167. The van der Waals surface area contributed by atoms with Crippen LogP contribution in [0.2, 0.25) is 0 Å². The number of ether oxygens (including phenoxy) is 3. The topological polar surface area (TPSA) is 78.9 Å². The van der Waals surface area contributed by atoms with E-state index < -0.39 is 6.10 Å². The number of carbonyl (C=O) groups excluding carboxylic acids is 3. The predicted molar refractivity (Wildman–Crippen MR) is 352 cm³/mol. The quantitative estimate of drug-likeness (QED) is 0.0261. The van der Waals surface area contributed by atoms with Gasteiger partial charge in [-0.05, 0) is 167 Å². The van der Waals surface area contributed by atoms with Crippen molar-refractivity contribution in [1.82, 2.24) is 0 Å². The molecular formula is C75H112O6. The first-order chi connectivity index (χ1) is 40.0. The molecule has 448 valence electrons. The summed E-state index contributed by atoms with van der Waals surface area (Å²) >= 11 is 0. The highest BCUT2D eigenvalue weighted by Crippen LogP contribution is 2.12. The molecule has 0 radical (unpaired) electrons. The molecule has 6 heteroatoms. The van der Waals surface area contributed by atoms with Crippen LogP contribution >= 0.6 is 0 Å². The van der Waals surface area contributed by atoms with E-state index in [2.05, 4.69) is 227 Å². The van der Waals surface area contributed by atoms with Crippen LogP contribution in [-0.4, -0.2) is 37.2 Å². The zero-order valence-corrected chi connectivity index (χ0v) is 51.2. The van der Waals surface area contributed by atoms with Crippen molar-refractivity contribution in [3.63, 3.8) is 0 Å². The third-order valence-corrected chi connectivity index (χ3v) is 12.3. The molecule has 0 spiro atoms. The van der Waals surface area contributed by atoms with Crippen LogP contribution in [0.5, 0.6) is 0 Å². The van der Waals surface area contributed by atoms with Crippen molar-refractivity contribution in [2.75, 3.05) is 13.2 Å². The Morgan fingerprint density at radius 3 is 0.716 bits per heavy atom. The fourth-order valence-corrected chi connectivity index (χ4v) is 7.65. The molecule has 0 N–H and O–H groups in total. The fraction of sp³-hybridized carbons (Fsp3) is 0.507. The molecule has 6 nitrogen and oxygen atoms in total. The monoisotopic (exact) mass is 1110 g/mol. The normalized spacial score (nSPS) is 13.6. The number of hydrogen-bond donors (Lipinski definition) is 0. The highest BCUT2D eigenvalue weighted by atomic mass is 16.6. The van der Waals surface area contributed by atoms with Gasteiger partial charge >= 0.3 is 17.9 Å². The standard InChI is InChI=1S/C75H112O6/c1-4-7-10-13-16-19-22-25-28-30-32-34-36-37-39-40-42-44-47-50-53-56-59-62-65-68-74(77)80-71-72(70-79-73(76)67-64-61-58-55-52-49-46-27-24-21-18-15-12-9-6-3)81-75(78)69-66-63-60-57-54-51-48-45-43-41-38-35-33-31-29-26-23-20-17-14-11-8-5-2/h7-12,16-21,25-29,32-35,37,39,41-44,46,48,50-53,55,72H,4-6,13-15,22-24,30-31,36,38,40,45,47,49,54,56-71H2,1-3H3/b10-7-,11-8-,12-9-,19-16-,20-17-,21-18-,28-25-,29-26-,34-32-,35-33-,39-37-,43-41-,44-42-,46-27-,51-48-,53-50-,55-52-. The maximum atomic E-state index is 12.9. The van der Waals surface area contributed by atoms with Gasteiger partial charge in [0.05, 0.1) is 0 Å². The van der Waals surface area contributed by atoms with Crippen molar-refractivity contribution in [3.05, 3.63) is 207 Å². The Morgan fingerprint density at radius 1 is 0.247 bits per heavy atom. The highest BCUT2D eigenvalue weighted by molar-refractivity contribution is 5.71. The van der Waals surface area contributed by atoms with E-state index in [0.29, 0.717) is 19.3 Å². The molecule has 0 saturated carbocycles. The van der Waals surface area contributed by atoms with Gasteiger partial charge in [-0.2, -0.15) is 0 Å². The van der Waals surface area contributed by atoms with E-state index in [-0.39, 0.29) is 44.0 Å². The summed E-state index contributed by atoms with van der Waals surface area (Å²) in [6, 6.07) is 0. The number of allylic oxidation sites excluding steroid dienone is 34. The summed E-state index contributed by atoms with van der Waals surface area (Å²) in [4.78, 5) is 38.3. The van der Waals surface area contributed by atoms with Gasteiger partial charge in [-0.15, -0.1) is 0 Å². The van der Waals surface area contributed by atoms with Crippen LogP contribution in [0.15, 0.2) is 207 Å². The van der Waals surface area contributed by atoms with Crippen LogP contribution in [0.3, 0.4) is 0 Å². The van der Waals surface area contributed by atoms with E-state index >= 15 is 0 Å². The molecule has 1 unspecified atom stereocenters. The molecular weight excluding hydrogens is 997 g/mol. The second kappa shape index (κ2) is 66.5. The third-order valence-electron chi connectivity index (χ3n) is 12.3. The van der Waals surface area contributed by atoms with E-state index in [4.69, 9.17) is 14.2 Å². The first-order valence-electron chi connectivity index (χ1n) is 31.6. The number of carbonyl (C=O) groups is 3. The van der Waals surface area contributed by atoms with Crippen LogP contribution in [0, 0.1) is 0 Å². The minimum Gasteiger partial charge on any atom is -0.462 e. The lowest BCUT2D eigenvalue weighted by atomic mass is 10.1. The molecule has 0 amide bonds. The summed E-state index contributed by atoms with van der Waals surface area (Å²) < 4.78 is 16.8. The summed E-state index contributed by atoms with van der Waals surface area (Å²) in [7, 11) is 0. The van der Waals surface area contributed by atoms with Crippen molar-refractivity contribution in [3.8, 4) is 0 Å². The predicted octanol–water partition coefficient (Wildman–Crippen LogP) is 22.0. The fourth-order valence-electron chi connectivity index (χ4n) is 7.65. The smallest absolute Gasteiger partial charge is 0.306 e. The first-order valence-corrected chi connectivity index (χ1v) is 31.6. The maximum Gasteiger partial charge on any atom is 0.306 e. The van der Waals surface area contributed by atoms with Gasteiger partial charge in [0.25, 0.3) is 0 Å². The SMILES string of the molecule is CC/C=C\C/C=C\C/C=C\C/C=C\C/C=C\C/C=C\C/C=C\CCCCCC(=O)OCC(COC(=O)CCCC/C=C\C/C=C\C/C=C\C/C=C\CC)OC(=O)CCCCCC/C=C\C/C=C\C/C=C\C/C=C\C/C=C\C/C=C\CC. The Bertz CT molecular complexity index is 2000. The average molecular weight is 1110 g/mol. The molecule has 0 aliphatic heterocycles. The van der Waals surface area contributed by atoms with Crippen LogP contribution in [0.25, 0.3) is 0 Å². The van der Waals surface area contributed by atoms with E-state index in [1.165, 1.54) is 0 Å². The summed E-state index contributed by atoms with van der Waals surface area (Å²) in [6.45, 7) is 6.19. The van der Waals surface area contributed by atoms with Gasteiger partial charge in [-0.25, -0.2) is 0 Å². The number of unbranched alkanes of at least 4 members (excludes halogenated alkanes) is 9. The van der Waals surface area contributed by atoms with Crippen LogP contribution < -0.4 is 0 Å². The lowest BCUT2D eigenvalue weighted by Crippen LogP contribution is -2.30. The summed E-state index contributed by atoms with van der Waals surface area (Å²) in [6.07, 6.45) is 103. The minimum atomic E-state index is -0.839. The molecule has 0 aromatic carbocycles. The van der Waals surface area contributed by atoms with Crippen molar-refractivity contribution in [1.29, 1.82) is 0 Å². The van der Waals surface area contributed by atoms with Crippen molar-refractivity contribution in [2.45, 2.75) is 232 Å². The average Bonchev–Trinajstić information content (AvgIpc) is 3.47. The molecule has 0 aliphatic rings. The van der Waals surface area contributed by atoms with E-state index in [1.54, 1.807) is 0 Å². The molecule has 0 rings (SSSR count). The van der Waals surface area contributed by atoms with Crippen molar-refractivity contribution in [2.24, 2.45) is 0 Å². The molecule has 81 heavy (non-hydrogen) atoms. The Hall–Kier alpha value is -6.01. The van der Waals surface area contributed by atoms with Crippen LogP contribution in [0.4, 0.5) is 0 Å². The molecule has 0 heterocycles. The molecule has 0 fully saturated rings. The second-order valence-corrected chi connectivity index (χ2v) is 19.8. The van der Waals surface area contributed by atoms with Gasteiger partial charge < -0.3 is 14.2 Å². The zero-order chi connectivity index (χ0) is 58.5. The zero-order valence-electron chi connectivity index (χ0n) is 51.2. The van der Waals surface area contributed by atoms with Crippen molar-refractivity contribution >= 4 is 17.9 Å². The second-order valence-electron chi connectivity index (χ2n) is 19.8. The Kier molecular flexibility index (Phi) is 61.6. The van der Waals surface area contributed by atoms with Gasteiger partial charge in [-0.1, -0.05) is 247 Å². The number of hydrogen-bond acceptors (Lipinski definition) is 6. The van der Waals surface area contributed by atoms with Gasteiger partial charge in [0.2, 0.25) is 0 Å². The van der Waals surface area contributed by atoms with Crippen molar-refractivity contribution < 1.29 is 28.6 Å². The maximum absolute atomic E-state index is 12.9. The lowest BCUT2D eigenvalue weighted by Gasteiger charge is -2.18. The molecule has 0 aliphatic carbocycles. The van der Waals surface area contributed by atoms with E-state index in [0.717, 1.165) is 173 Å². The Labute approximate surface area is 496 Å². The van der Waals surface area contributed by atoms with Gasteiger partial charge in [0.1, 0.15) is 13.2 Å². The Morgan fingerprint density at radius 2 is 0.444 bits per heavy atom. The van der Waals surface area contributed by atoms with Gasteiger partial charge in [-0.3, -0.25) is 14.4 Å². The van der Waals surface area contributed by atoms with Crippen LogP contribution in [0.1, 0.15) is 226 Å². The van der Waals surface area contributed by atoms with E-state index in [1.807, 2.05) is 0 Å². The molecule has 0 aromatic heterocycles. The summed E-state index contributed by atoms with van der Waals surface area (Å²) in [5, 5.41) is 0. The summed E-state index contributed by atoms with van der Waals surface area (Å²) in [5.41, 5.74) is 0. The number of esters is 3. The largest absolute Gasteiger partial charge is 0.462 e. The van der Waals surface area contributed by atoms with Crippen LogP contribution in [-0.2, 0) is 28.6 Å². The van der Waals surface area contributed by atoms with Gasteiger partial charge in [0, 0.05) is 19.3 Å². The summed E-state index contributed by atoms with van der Waals surface area (Å²) in [5.74, 6) is -1.04. The molecule has 0 bridgehead atoms. The van der Waals surface area contributed by atoms with Gasteiger partial charge in [0.15, 0.2) is 6.10 Å². The molecule has 0 saturated heterocycles.